The zero-order valence-corrected chi connectivity index (χ0v) is 10.3. The number of carbonyl (C=O) groups excluding carboxylic acids is 2. The summed E-state index contributed by atoms with van der Waals surface area (Å²) in [5.41, 5.74) is 0.254. The van der Waals surface area contributed by atoms with Crippen LogP contribution in [0, 0.1) is 5.92 Å². The predicted molar refractivity (Wildman–Crippen MR) is 64.8 cm³/mol. The number of hydrogen-bond acceptors (Lipinski definition) is 4. The molecule has 0 saturated carbocycles. The number of methoxy groups -OCH3 is 1. The van der Waals surface area contributed by atoms with Crippen molar-refractivity contribution >= 4 is 17.8 Å². The summed E-state index contributed by atoms with van der Waals surface area (Å²) in [5, 5.41) is 8.89. The van der Waals surface area contributed by atoms with Gasteiger partial charge in [0.2, 0.25) is 5.91 Å². The van der Waals surface area contributed by atoms with Crippen molar-refractivity contribution < 1.29 is 24.2 Å². The van der Waals surface area contributed by atoms with E-state index in [1.54, 1.807) is 24.3 Å². The van der Waals surface area contributed by atoms with Crippen molar-refractivity contribution in [3.63, 3.8) is 0 Å². The molecule has 1 aromatic rings. The second-order valence-electron chi connectivity index (χ2n) is 4.25. The van der Waals surface area contributed by atoms with E-state index in [1.807, 2.05) is 0 Å². The maximum Gasteiger partial charge on any atom is 0.308 e. The molecule has 0 aliphatic carbocycles. The van der Waals surface area contributed by atoms with E-state index in [4.69, 9.17) is 9.84 Å². The summed E-state index contributed by atoms with van der Waals surface area (Å²) in [6, 6.07) is 6.53. The molecule has 1 fully saturated rings. The maximum absolute atomic E-state index is 12.2. The van der Waals surface area contributed by atoms with Gasteiger partial charge in [-0.05, 0) is 12.1 Å². The second kappa shape index (κ2) is 5.09. The van der Waals surface area contributed by atoms with Gasteiger partial charge in [0.1, 0.15) is 5.75 Å². The van der Waals surface area contributed by atoms with Crippen LogP contribution in [0.2, 0.25) is 0 Å². The fourth-order valence-electron chi connectivity index (χ4n) is 2.04. The number of rotatable bonds is 3. The van der Waals surface area contributed by atoms with Crippen LogP contribution in [0.3, 0.4) is 0 Å². The molecule has 19 heavy (non-hydrogen) atoms. The lowest BCUT2D eigenvalue weighted by atomic mass is 10.1. The van der Waals surface area contributed by atoms with Crippen molar-refractivity contribution in [3.05, 3.63) is 29.8 Å². The van der Waals surface area contributed by atoms with Crippen LogP contribution in [-0.4, -0.2) is 41.4 Å². The van der Waals surface area contributed by atoms with Crippen molar-refractivity contribution in [1.82, 2.24) is 4.90 Å². The number of nitrogens with zero attached hydrogens (tertiary/aromatic N) is 1. The molecule has 1 saturated heterocycles. The third-order valence-corrected chi connectivity index (χ3v) is 3.06. The molecule has 2 amide bonds. The van der Waals surface area contributed by atoms with Crippen LogP contribution >= 0.6 is 0 Å². The first-order chi connectivity index (χ1) is 9.04. The molecule has 1 aliphatic rings. The summed E-state index contributed by atoms with van der Waals surface area (Å²) < 4.78 is 5.06. The summed E-state index contributed by atoms with van der Waals surface area (Å²) in [6.07, 6.45) is -0.143. The van der Waals surface area contributed by atoms with E-state index in [0.717, 1.165) is 4.90 Å². The summed E-state index contributed by atoms with van der Waals surface area (Å²) >= 11 is 0. The van der Waals surface area contributed by atoms with Crippen LogP contribution in [0.1, 0.15) is 16.8 Å². The molecule has 1 unspecified atom stereocenters. The van der Waals surface area contributed by atoms with E-state index >= 15 is 0 Å². The Bertz CT molecular complexity index is 540. The highest BCUT2D eigenvalue weighted by atomic mass is 16.5. The van der Waals surface area contributed by atoms with Crippen LogP contribution in [0.25, 0.3) is 0 Å². The molecule has 2 rings (SSSR count). The van der Waals surface area contributed by atoms with Gasteiger partial charge in [0.15, 0.2) is 0 Å². The molecule has 0 spiro atoms. The molecule has 100 valence electrons. The van der Waals surface area contributed by atoms with Gasteiger partial charge in [0.25, 0.3) is 5.91 Å². The standard InChI is InChI=1S/C13H13NO5/c1-19-10-5-3-2-4-9(10)12(16)14-7-8(13(17)18)6-11(14)15/h2-5,8H,6-7H2,1H3,(H,17,18). The van der Waals surface area contributed by atoms with Crippen molar-refractivity contribution in [2.75, 3.05) is 13.7 Å². The van der Waals surface area contributed by atoms with E-state index in [2.05, 4.69) is 0 Å². The lowest BCUT2D eigenvalue weighted by Gasteiger charge is -2.15. The molecule has 6 nitrogen and oxygen atoms in total. The van der Waals surface area contributed by atoms with Gasteiger partial charge in [-0.25, -0.2) is 0 Å². The van der Waals surface area contributed by atoms with Crippen LogP contribution in [0.4, 0.5) is 0 Å². The number of likely N-dealkylation sites (tertiary alicyclic amines) is 1. The first-order valence-corrected chi connectivity index (χ1v) is 5.75. The number of ether oxygens (including phenoxy) is 1. The normalized spacial score (nSPS) is 18.5. The Labute approximate surface area is 109 Å². The minimum atomic E-state index is -1.07. The van der Waals surface area contributed by atoms with E-state index in [9.17, 15) is 14.4 Å². The lowest BCUT2D eigenvalue weighted by molar-refractivity contribution is -0.141. The number of imide groups is 1. The SMILES string of the molecule is COc1ccccc1C(=O)N1CC(C(=O)O)CC1=O. The van der Waals surface area contributed by atoms with E-state index in [1.165, 1.54) is 7.11 Å². The minimum absolute atomic E-state index is 0.0922. The monoisotopic (exact) mass is 263 g/mol. The average molecular weight is 263 g/mol. The topological polar surface area (TPSA) is 83.9 Å². The molecule has 1 atom stereocenters. The number of carbonyl (C=O) groups is 3. The zero-order chi connectivity index (χ0) is 14.0. The number of para-hydroxylation sites is 1. The van der Waals surface area contributed by atoms with Gasteiger partial charge >= 0.3 is 5.97 Å². The fourth-order valence-corrected chi connectivity index (χ4v) is 2.04. The summed E-state index contributed by atoms with van der Waals surface area (Å²) in [4.78, 5) is 35.8. The Balaban J connectivity index is 2.25. The third-order valence-electron chi connectivity index (χ3n) is 3.06. The first kappa shape index (κ1) is 13.1. The molecule has 0 bridgehead atoms. The lowest BCUT2D eigenvalue weighted by Crippen LogP contribution is -2.33. The molecule has 0 aromatic heterocycles. The highest BCUT2D eigenvalue weighted by Gasteiger charge is 2.38. The van der Waals surface area contributed by atoms with Crippen molar-refractivity contribution in [3.8, 4) is 5.75 Å². The highest BCUT2D eigenvalue weighted by molar-refractivity contribution is 6.08. The number of carboxylic acid groups (broad SMARTS) is 1. The van der Waals surface area contributed by atoms with Crippen molar-refractivity contribution in [1.29, 1.82) is 0 Å². The molecule has 1 heterocycles. The van der Waals surface area contributed by atoms with Crippen LogP contribution in [0.5, 0.6) is 5.75 Å². The molecule has 6 heteroatoms. The van der Waals surface area contributed by atoms with Gasteiger partial charge in [-0.15, -0.1) is 0 Å². The van der Waals surface area contributed by atoms with Gasteiger partial charge in [0.05, 0.1) is 18.6 Å². The average Bonchev–Trinajstić information content (AvgIpc) is 2.80. The Hall–Kier alpha value is -2.37. The number of carboxylic acids is 1. The van der Waals surface area contributed by atoms with Crippen molar-refractivity contribution in [2.45, 2.75) is 6.42 Å². The van der Waals surface area contributed by atoms with Gasteiger partial charge in [0, 0.05) is 13.0 Å². The molecule has 1 aromatic carbocycles. The largest absolute Gasteiger partial charge is 0.496 e. The van der Waals surface area contributed by atoms with Gasteiger partial charge < -0.3 is 9.84 Å². The first-order valence-electron chi connectivity index (χ1n) is 5.75. The number of amides is 2. The fraction of sp³-hybridized carbons (Fsp3) is 0.308. The van der Waals surface area contributed by atoms with E-state index in [-0.39, 0.29) is 18.5 Å². The quantitative estimate of drug-likeness (QED) is 0.814. The summed E-state index contributed by atoms with van der Waals surface area (Å²) in [5.74, 6) is -2.52. The molecule has 1 aliphatic heterocycles. The number of benzene rings is 1. The van der Waals surface area contributed by atoms with Crippen molar-refractivity contribution in [2.24, 2.45) is 5.92 Å². The van der Waals surface area contributed by atoms with Crippen LogP contribution in [-0.2, 0) is 9.59 Å². The molecular formula is C13H13NO5. The summed E-state index contributed by atoms with van der Waals surface area (Å²) in [7, 11) is 1.43. The Morgan fingerprint density at radius 2 is 2.05 bits per heavy atom. The van der Waals surface area contributed by atoms with E-state index < -0.39 is 23.7 Å². The minimum Gasteiger partial charge on any atom is -0.496 e. The molecule has 1 N–H and O–H groups in total. The Kier molecular flexibility index (Phi) is 3.50. The van der Waals surface area contributed by atoms with E-state index in [0.29, 0.717) is 5.75 Å². The van der Waals surface area contributed by atoms with Gasteiger partial charge in [-0.3, -0.25) is 19.3 Å². The number of aliphatic carboxylic acids is 1. The van der Waals surface area contributed by atoms with Crippen LogP contribution < -0.4 is 4.74 Å². The molecular weight excluding hydrogens is 250 g/mol. The maximum atomic E-state index is 12.2. The highest BCUT2D eigenvalue weighted by Crippen LogP contribution is 2.24. The molecule has 0 radical (unpaired) electrons. The number of hydrogen-bond donors (Lipinski definition) is 1. The summed E-state index contributed by atoms with van der Waals surface area (Å²) in [6.45, 7) is -0.0922. The third kappa shape index (κ3) is 2.42. The van der Waals surface area contributed by atoms with Crippen LogP contribution in [0.15, 0.2) is 24.3 Å². The Morgan fingerprint density at radius 3 is 2.63 bits per heavy atom. The van der Waals surface area contributed by atoms with Gasteiger partial charge in [-0.1, -0.05) is 12.1 Å². The Morgan fingerprint density at radius 1 is 1.37 bits per heavy atom. The second-order valence-corrected chi connectivity index (χ2v) is 4.25. The van der Waals surface area contributed by atoms with Gasteiger partial charge in [-0.2, -0.15) is 0 Å². The predicted octanol–water partition coefficient (Wildman–Crippen LogP) is 0.768. The smallest absolute Gasteiger partial charge is 0.308 e. The zero-order valence-electron chi connectivity index (χ0n) is 10.3.